The van der Waals surface area contributed by atoms with Crippen molar-refractivity contribution < 1.29 is 21.6 Å². The number of halogens is 5. The minimum absolute atomic E-state index is 0.0736. The Kier molecular flexibility index (Phi) is 7.88. The number of alkyl halides is 3. The van der Waals surface area contributed by atoms with Gasteiger partial charge in [-0.1, -0.05) is 35.9 Å². The van der Waals surface area contributed by atoms with Gasteiger partial charge >= 0.3 is 6.18 Å². The Morgan fingerprint density at radius 2 is 1.78 bits per heavy atom. The molecular weight excluding hydrogens is 583 g/mol. The molecule has 0 spiro atoms. The lowest BCUT2D eigenvalue weighted by molar-refractivity contribution is -0.137. The lowest BCUT2D eigenvalue weighted by atomic mass is 10.1. The van der Waals surface area contributed by atoms with Gasteiger partial charge in [-0.05, 0) is 53.0 Å². The summed E-state index contributed by atoms with van der Waals surface area (Å²) in [7, 11) is -4.06. The van der Waals surface area contributed by atoms with E-state index in [1.54, 1.807) is 16.8 Å². The van der Waals surface area contributed by atoms with E-state index in [1.165, 1.54) is 0 Å². The molecule has 36 heavy (non-hydrogen) atoms. The van der Waals surface area contributed by atoms with Crippen LogP contribution in [0, 0.1) is 0 Å². The molecule has 0 atom stereocenters. The summed E-state index contributed by atoms with van der Waals surface area (Å²) in [4.78, 5) is 4.22. The number of rotatable bonds is 9. The zero-order valence-electron chi connectivity index (χ0n) is 18.6. The Bertz CT molecular complexity index is 1490. The highest BCUT2D eigenvalue weighted by Crippen LogP contribution is 2.31. The first-order valence-corrected chi connectivity index (χ1v) is 13.4. The summed E-state index contributed by atoms with van der Waals surface area (Å²) in [6, 6.07) is 12.8. The zero-order valence-corrected chi connectivity index (χ0v) is 21.7. The van der Waals surface area contributed by atoms with E-state index in [4.69, 9.17) is 11.6 Å². The van der Waals surface area contributed by atoms with Gasteiger partial charge in [0.05, 0.1) is 26.8 Å². The number of anilines is 1. The number of hydrogen-bond acceptors (Lipinski definition) is 5. The van der Waals surface area contributed by atoms with Crippen LogP contribution in [-0.2, 0) is 16.2 Å². The smallest absolute Gasteiger partial charge is 0.370 e. The van der Waals surface area contributed by atoms with Crippen LogP contribution in [0.25, 0.3) is 16.9 Å². The number of benzene rings is 2. The molecule has 2 aromatic carbocycles. The van der Waals surface area contributed by atoms with Crippen LogP contribution < -0.4 is 10.0 Å². The second-order valence-corrected chi connectivity index (χ2v) is 10.8. The molecule has 4 aromatic rings. The molecule has 0 amide bonds. The topological polar surface area (TPSA) is 88.4 Å². The minimum Gasteiger partial charge on any atom is -0.370 e. The highest BCUT2D eigenvalue weighted by molar-refractivity contribution is 9.10. The predicted molar refractivity (Wildman–Crippen MR) is 135 cm³/mol. The molecule has 2 aromatic heterocycles. The maximum absolute atomic E-state index is 12.9. The lowest BCUT2D eigenvalue weighted by Crippen LogP contribution is -2.25. The average molecular weight is 603 g/mol. The van der Waals surface area contributed by atoms with Gasteiger partial charge in [-0.3, -0.25) is 0 Å². The number of hydrogen-bond donors (Lipinski definition) is 2. The summed E-state index contributed by atoms with van der Waals surface area (Å²) in [5.74, 6) is 0.671. The fourth-order valence-corrected chi connectivity index (χ4v) is 5.17. The van der Waals surface area contributed by atoms with Crippen LogP contribution in [0.1, 0.15) is 18.4 Å². The van der Waals surface area contributed by atoms with Crippen LogP contribution in [0.5, 0.6) is 0 Å². The predicted octanol–water partition coefficient (Wildman–Crippen LogP) is 6.00. The van der Waals surface area contributed by atoms with Crippen molar-refractivity contribution in [1.82, 2.24) is 19.3 Å². The van der Waals surface area contributed by atoms with Crippen molar-refractivity contribution in [2.24, 2.45) is 0 Å². The van der Waals surface area contributed by atoms with Crippen molar-refractivity contribution in [3.05, 3.63) is 75.9 Å². The Hall–Kier alpha value is -2.67. The molecule has 0 fully saturated rings. The molecule has 0 aliphatic carbocycles. The maximum Gasteiger partial charge on any atom is 0.416 e. The van der Waals surface area contributed by atoms with Gasteiger partial charge in [0.1, 0.15) is 5.82 Å². The van der Waals surface area contributed by atoms with Crippen LogP contribution in [0.15, 0.2) is 70.2 Å². The van der Waals surface area contributed by atoms with E-state index in [0.717, 1.165) is 23.8 Å². The molecule has 7 nitrogen and oxygen atoms in total. The van der Waals surface area contributed by atoms with E-state index < -0.39 is 26.7 Å². The minimum atomic E-state index is -4.62. The molecule has 0 aliphatic heterocycles. The van der Waals surface area contributed by atoms with Gasteiger partial charge < -0.3 is 5.32 Å². The Balaban J connectivity index is 1.37. The number of unbranched alkanes of at least 4 members (excludes halogenated alkanes) is 1. The molecule has 0 radical (unpaired) electrons. The summed E-state index contributed by atoms with van der Waals surface area (Å²) >= 11 is 9.79. The Morgan fingerprint density at radius 3 is 2.53 bits per heavy atom. The normalized spacial score (nSPS) is 12.2. The first-order chi connectivity index (χ1) is 17.1. The molecule has 0 aliphatic rings. The Morgan fingerprint density at radius 1 is 1.03 bits per heavy atom. The second kappa shape index (κ2) is 10.8. The van der Waals surface area contributed by atoms with E-state index in [9.17, 15) is 21.6 Å². The van der Waals surface area contributed by atoms with Crippen molar-refractivity contribution in [1.29, 1.82) is 0 Å². The van der Waals surface area contributed by atoms with Crippen LogP contribution >= 0.6 is 27.5 Å². The summed E-state index contributed by atoms with van der Waals surface area (Å²) in [6.45, 7) is 0.564. The first-order valence-electron chi connectivity index (χ1n) is 10.8. The third-order valence-electron chi connectivity index (χ3n) is 5.25. The van der Waals surface area contributed by atoms with Gasteiger partial charge in [0.2, 0.25) is 10.0 Å². The van der Waals surface area contributed by atoms with E-state index in [2.05, 4.69) is 36.1 Å². The molecular formula is C23H20BrClF3N5O2S. The van der Waals surface area contributed by atoms with Crippen LogP contribution in [-0.4, -0.2) is 36.1 Å². The maximum atomic E-state index is 12.9. The van der Waals surface area contributed by atoms with Crippen molar-refractivity contribution >= 4 is 49.0 Å². The summed E-state index contributed by atoms with van der Waals surface area (Å²) in [5, 5.41) is 8.16. The van der Waals surface area contributed by atoms with Gasteiger partial charge in [0.15, 0.2) is 5.65 Å². The molecule has 0 saturated heterocycles. The summed E-state index contributed by atoms with van der Waals surface area (Å²) in [5.41, 5.74) is 1.01. The highest BCUT2D eigenvalue weighted by Gasteiger charge is 2.31. The number of sulfonamides is 1. The molecule has 2 heterocycles. The van der Waals surface area contributed by atoms with Crippen molar-refractivity contribution in [3.63, 3.8) is 0 Å². The van der Waals surface area contributed by atoms with Crippen LogP contribution in [0.2, 0.25) is 5.02 Å². The lowest BCUT2D eigenvalue weighted by Gasteiger charge is -2.12. The van der Waals surface area contributed by atoms with Gasteiger partial charge in [-0.25, -0.2) is 18.1 Å². The van der Waals surface area contributed by atoms with E-state index in [1.807, 2.05) is 24.3 Å². The van der Waals surface area contributed by atoms with Crippen molar-refractivity contribution in [2.45, 2.75) is 23.9 Å². The third kappa shape index (κ3) is 6.00. The van der Waals surface area contributed by atoms with Gasteiger partial charge in [-0.2, -0.15) is 22.8 Å². The van der Waals surface area contributed by atoms with Crippen LogP contribution in [0.3, 0.4) is 0 Å². The summed E-state index contributed by atoms with van der Waals surface area (Å²) < 4.78 is 68.1. The average Bonchev–Trinajstić information content (AvgIpc) is 3.22. The zero-order chi connectivity index (χ0) is 25.9. The van der Waals surface area contributed by atoms with Crippen molar-refractivity contribution in [2.75, 3.05) is 18.4 Å². The molecule has 4 rings (SSSR count). The number of aromatic nitrogens is 3. The van der Waals surface area contributed by atoms with E-state index in [0.29, 0.717) is 52.1 Å². The van der Waals surface area contributed by atoms with E-state index in [-0.39, 0.29) is 6.54 Å². The molecule has 2 N–H and O–H groups in total. The fraction of sp³-hybridized carbons (Fsp3) is 0.217. The van der Waals surface area contributed by atoms with Gasteiger partial charge in [0, 0.05) is 29.7 Å². The SMILES string of the molecule is O=S(=O)(NCCCCNc1cc(-c2ccccc2Cl)nc2c(Br)cnn12)c1cccc(C(F)(F)F)c1. The molecule has 13 heteroatoms. The second-order valence-electron chi connectivity index (χ2n) is 7.79. The quantitative estimate of drug-likeness (QED) is 0.230. The third-order valence-corrected chi connectivity index (χ3v) is 7.60. The number of fused-ring (bicyclic) bond motifs is 1. The number of nitrogens with zero attached hydrogens (tertiary/aromatic N) is 3. The monoisotopic (exact) mass is 601 g/mol. The van der Waals surface area contributed by atoms with Gasteiger partial charge in [0.25, 0.3) is 0 Å². The molecule has 0 unspecified atom stereocenters. The van der Waals surface area contributed by atoms with Gasteiger partial charge in [-0.15, -0.1) is 0 Å². The highest BCUT2D eigenvalue weighted by atomic mass is 79.9. The molecule has 0 bridgehead atoms. The first kappa shape index (κ1) is 26.4. The van der Waals surface area contributed by atoms with Crippen molar-refractivity contribution in [3.8, 4) is 11.3 Å². The Labute approximate surface area is 218 Å². The largest absolute Gasteiger partial charge is 0.416 e. The fourth-order valence-electron chi connectivity index (χ4n) is 3.46. The molecule has 190 valence electrons. The standard InChI is InChI=1S/C23H20BrClF3N5O2S/c24-18-14-30-33-21(13-20(32-22(18)33)17-8-1-2-9-19(17)25)29-10-3-4-11-31-36(34,35)16-7-5-6-15(12-16)23(26,27)28/h1-2,5-9,12-14,29,31H,3-4,10-11H2. The van der Waals surface area contributed by atoms with Crippen LogP contribution in [0.4, 0.5) is 19.0 Å². The van der Waals surface area contributed by atoms with E-state index >= 15 is 0 Å². The number of nitrogens with one attached hydrogen (secondary N) is 2. The molecule has 0 saturated carbocycles. The summed E-state index contributed by atoms with van der Waals surface area (Å²) in [6.07, 6.45) is -1.95.